The summed E-state index contributed by atoms with van der Waals surface area (Å²) in [5.74, 6) is 1.27. The Hall–Kier alpha value is -0.940. The lowest BCUT2D eigenvalue weighted by Gasteiger charge is -2.17. The summed E-state index contributed by atoms with van der Waals surface area (Å²) in [6.07, 6.45) is 1.05. The van der Waals surface area contributed by atoms with E-state index in [0.29, 0.717) is 24.8 Å². The van der Waals surface area contributed by atoms with Gasteiger partial charge in [-0.05, 0) is 13.0 Å². The lowest BCUT2D eigenvalue weighted by molar-refractivity contribution is 0.186. The van der Waals surface area contributed by atoms with Crippen LogP contribution in [0.3, 0.4) is 0 Å². The lowest BCUT2D eigenvalue weighted by Crippen LogP contribution is -2.27. The summed E-state index contributed by atoms with van der Waals surface area (Å²) in [6, 6.07) is 0. The predicted molar refractivity (Wildman–Crippen MR) is 51.7 cm³/mol. The van der Waals surface area contributed by atoms with Gasteiger partial charge in [0.2, 0.25) is 5.89 Å². The lowest BCUT2D eigenvalue weighted by atomic mass is 10.4. The summed E-state index contributed by atoms with van der Waals surface area (Å²) in [7, 11) is 0. The van der Waals surface area contributed by atoms with Crippen molar-refractivity contribution >= 4 is 0 Å². The Kier molecular flexibility index (Phi) is 4.55. The number of aliphatic hydroxyl groups excluding tert-OH is 1. The minimum absolute atomic E-state index is 0.164. The van der Waals surface area contributed by atoms with Crippen LogP contribution in [0.25, 0.3) is 0 Å². The maximum Gasteiger partial charge on any atom is 0.223 e. The molecule has 5 nitrogen and oxygen atoms in total. The van der Waals surface area contributed by atoms with Crippen LogP contribution in [0.1, 0.15) is 25.1 Å². The number of aliphatic hydroxyl groups is 1. The second-order valence-corrected chi connectivity index (χ2v) is 3.23. The van der Waals surface area contributed by atoms with Gasteiger partial charge in [0.05, 0.1) is 13.2 Å². The Bertz CT molecular complexity index is 256. The van der Waals surface area contributed by atoms with E-state index < -0.39 is 0 Å². The summed E-state index contributed by atoms with van der Waals surface area (Å²) in [6.45, 7) is 6.27. The molecule has 80 valence electrons. The first kappa shape index (κ1) is 11.1. The first-order chi connectivity index (χ1) is 6.76. The van der Waals surface area contributed by atoms with Gasteiger partial charge in [-0.3, -0.25) is 4.90 Å². The number of aromatic nitrogens is 2. The quantitative estimate of drug-likeness (QED) is 0.726. The average molecular weight is 199 g/mol. The van der Waals surface area contributed by atoms with E-state index >= 15 is 0 Å². The average Bonchev–Trinajstić information content (AvgIpc) is 2.52. The topological polar surface area (TPSA) is 62.4 Å². The van der Waals surface area contributed by atoms with Crippen LogP contribution in [0.4, 0.5) is 0 Å². The van der Waals surface area contributed by atoms with Crippen molar-refractivity contribution in [1.29, 1.82) is 0 Å². The number of hydrogen-bond donors (Lipinski definition) is 1. The first-order valence-electron chi connectivity index (χ1n) is 4.88. The molecule has 1 N–H and O–H groups in total. The van der Waals surface area contributed by atoms with Gasteiger partial charge in [0.1, 0.15) is 0 Å². The molecule has 0 atom stereocenters. The molecule has 0 radical (unpaired) electrons. The summed E-state index contributed by atoms with van der Waals surface area (Å²) >= 11 is 0. The molecule has 0 saturated heterocycles. The van der Waals surface area contributed by atoms with E-state index in [1.165, 1.54) is 0 Å². The third-order valence-electron chi connectivity index (χ3n) is 1.89. The molecule has 0 aliphatic rings. The zero-order valence-electron chi connectivity index (χ0n) is 8.73. The molecule has 0 saturated carbocycles. The molecule has 1 aromatic rings. The van der Waals surface area contributed by atoms with E-state index in [1.54, 1.807) is 6.92 Å². The van der Waals surface area contributed by atoms with Gasteiger partial charge in [-0.1, -0.05) is 12.1 Å². The minimum Gasteiger partial charge on any atom is -0.395 e. The smallest absolute Gasteiger partial charge is 0.223 e. The molecular weight excluding hydrogens is 182 g/mol. The third kappa shape index (κ3) is 3.43. The van der Waals surface area contributed by atoms with E-state index in [0.717, 1.165) is 13.0 Å². The minimum atomic E-state index is 0.164. The van der Waals surface area contributed by atoms with Crippen LogP contribution in [-0.2, 0) is 6.54 Å². The molecule has 1 rings (SSSR count). The zero-order chi connectivity index (χ0) is 10.4. The normalized spacial score (nSPS) is 11.1. The summed E-state index contributed by atoms with van der Waals surface area (Å²) in [4.78, 5) is 6.22. The third-order valence-corrected chi connectivity index (χ3v) is 1.89. The molecule has 5 heteroatoms. The molecular formula is C9H17N3O2. The maximum absolute atomic E-state index is 8.84. The molecule has 0 aliphatic heterocycles. The molecule has 14 heavy (non-hydrogen) atoms. The van der Waals surface area contributed by atoms with Crippen molar-refractivity contribution in [2.45, 2.75) is 26.8 Å². The molecule has 1 heterocycles. The fraction of sp³-hybridized carbons (Fsp3) is 0.778. The van der Waals surface area contributed by atoms with E-state index in [9.17, 15) is 0 Å². The van der Waals surface area contributed by atoms with E-state index in [1.807, 2.05) is 0 Å². The molecule has 0 spiro atoms. The Morgan fingerprint density at radius 1 is 1.43 bits per heavy atom. The van der Waals surface area contributed by atoms with Crippen LogP contribution in [0.2, 0.25) is 0 Å². The standard InChI is InChI=1S/C9H17N3O2/c1-3-4-12(5-6-13)7-9-10-8(2)14-11-9/h13H,3-7H2,1-2H3. The molecule has 0 unspecified atom stereocenters. The molecule has 0 amide bonds. The number of hydrogen-bond acceptors (Lipinski definition) is 5. The highest BCUT2D eigenvalue weighted by molar-refractivity contribution is 4.83. The van der Waals surface area contributed by atoms with E-state index in [2.05, 4.69) is 22.0 Å². The van der Waals surface area contributed by atoms with Crippen molar-refractivity contribution in [2.75, 3.05) is 19.7 Å². The van der Waals surface area contributed by atoms with Crippen molar-refractivity contribution in [3.63, 3.8) is 0 Å². The molecule has 1 aromatic heterocycles. The Balaban J connectivity index is 2.46. The summed E-state index contributed by atoms with van der Waals surface area (Å²) < 4.78 is 4.87. The van der Waals surface area contributed by atoms with Crippen molar-refractivity contribution in [2.24, 2.45) is 0 Å². The van der Waals surface area contributed by atoms with Gasteiger partial charge in [0.15, 0.2) is 5.82 Å². The van der Waals surface area contributed by atoms with E-state index in [-0.39, 0.29) is 6.61 Å². The Morgan fingerprint density at radius 2 is 2.21 bits per heavy atom. The predicted octanol–water partition coefficient (Wildman–Crippen LogP) is 0.582. The first-order valence-corrected chi connectivity index (χ1v) is 4.88. The van der Waals surface area contributed by atoms with Gasteiger partial charge in [-0.15, -0.1) is 0 Å². The van der Waals surface area contributed by atoms with Gasteiger partial charge in [0, 0.05) is 13.5 Å². The largest absolute Gasteiger partial charge is 0.395 e. The molecule has 0 aliphatic carbocycles. The number of aryl methyl sites for hydroxylation is 1. The molecule has 0 fully saturated rings. The number of rotatable bonds is 6. The van der Waals surface area contributed by atoms with Gasteiger partial charge in [0.25, 0.3) is 0 Å². The zero-order valence-corrected chi connectivity index (χ0v) is 8.73. The van der Waals surface area contributed by atoms with Crippen molar-refractivity contribution in [1.82, 2.24) is 15.0 Å². The number of nitrogens with zero attached hydrogens (tertiary/aromatic N) is 3. The highest BCUT2D eigenvalue weighted by Gasteiger charge is 2.08. The van der Waals surface area contributed by atoms with Gasteiger partial charge in [-0.2, -0.15) is 4.98 Å². The SMILES string of the molecule is CCCN(CCO)Cc1noc(C)n1. The summed E-state index contributed by atoms with van der Waals surface area (Å²) in [5, 5.41) is 12.7. The Morgan fingerprint density at radius 3 is 2.71 bits per heavy atom. The summed E-state index contributed by atoms with van der Waals surface area (Å²) in [5.41, 5.74) is 0. The van der Waals surface area contributed by atoms with E-state index in [4.69, 9.17) is 9.63 Å². The van der Waals surface area contributed by atoms with Crippen LogP contribution >= 0.6 is 0 Å². The fourth-order valence-corrected chi connectivity index (χ4v) is 1.33. The van der Waals surface area contributed by atoms with Gasteiger partial charge < -0.3 is 9.63 Å². The van der Waals surface area contributed by atoms with Crippen LogP contribution in [-0.4, -0.2) is 39.8 Å². The monoisotopic (exact) mass is 199 g/mol. The highest BCUT2D eigenvalue weighted by Crippen LogP contribution is 2.01. The second kappa shape index (κ2) is 5.72. The fourth-order valence-electron chi connectivity index (χ4n) is 1.33. The second-order valence-electron chi connectivity index (χ2n) is 3.23. The van der Waals surface area contributed by atoms with Crippen molar-refractivity contribution < 1.29 is 9.63 Å². The van der Waals surface area contributed by atoms with Crippen molar-refractivity contribution in [3.05, 3.63) is 11.7 Å². The van der Waals surface area contributed by atoms with Crippen LogP contribution in [0, 0.1) is 6.92 Å². The highest BCUT2D eigenvalue weighted by atomic mass is 16.5. The van der Waals surface area contributed by atoms with Gasteiger partial charge >= 0.3 is 0 Å². The van der Waals surface area contributed by atoms with Crippen molar-refractivity contribution in [3.8, 4) is 0 Å². The molecule has 0 aromatic carbocycles. The Labute approximate surface area is 83.7 Å². The van der Waals surface area contributed by atoms with Gasteiger partial charge in [-0.25, -0.2) is 0 Å². The van der Waals surface area contributed by atoms with Crippen LogP contribution in [0.15, 0.2) is 4.52 Å². The van der Waals surface area contributed by atoms with Crippen LogP contribution in [0.5, 0.6) is 0 Å². The maximum atomic E-state index is 8.84. The van der Waals surface area contributed by atoms with Crippen LogP contribution < -0.4 is 0 Å². The molecule has 0 bridgehead atoms.